The number of amides is 1. The molecule has 4 nitrogen and oxygen atoms in total. The van der Waals surface area contributed by atoms with E-state index in [1.165, 1.54) is 12.0 Å². The molecule has 1 amide bonds. The second-order valence-electron chi connectivity index (χ2n) is 4.93. The molecular formula is C17H19NO3. The topological polar surface area (TPSA) is 49.8 Å². The van der Waals surface area contributed by atoms with Crippen LogP contribution >= 0.6 is 0 Å². The first-order chi connectivity index (χ1) is 10.1. The highest BCUT2D eigenvalue weighted by molar-refractivity contribution is 5.96. The second kappa shape index (κ2) is 6.41. The molecule has 4 heteroatoms. The summed E-state index contributed by atoms with van der Waals surface area (Å²) in [5, 5.41) is 10.7. The molecular weight excluding hydrogens is 266 g/mol. The van der Waals surface area contributed by atoms with E-state index in [9.17, 15) is 9.90 Å². The molecule has 1 atom stereocenters. The molecule has 0 fully saturated rings. The van der Waals surface area contributed by atoms with E-state index in [0.29, 0.717) is 16.9 Å². The van der Waals surface area contributed by atoms with E-state index in [-0.39, 0.29) is 5.91 Å². The normalized spacial score (nSPS) is 11.8. The van der Waals surface area contributed by atoms with Gasteiger partial charge in [0.1, 0.15) is 11.9 Å². The predicted octanol–water partition coefficient (Wildman–Crippen LogP) is 2.48. The van der Waals surface area contributed by atoms with Gasteiger partial charge in [0.25, 0.3) is 5.91 Å². The van der Waals surface area contributed by atoms with Crippen molar-refractivity contribution in [3.8, 4) is 5.75 Å². The fourth-order valence-electron chi connectivity index (χ4n) is 2.23. The van der Waals surface area contributed by atoms with Gasteiger partial charge in [-0.2, -0.15) is 0 Å². The number of rotatable bonds is 4. The van der Waals surface area contributed by atoms with Gasteiger partial charge in [0.2, 0.25) is 0 Å². The first-order valence-electron chi connectivity index (χ1n) is 6.67. The van der Waals surface area contributed by atoms with E-state index >= 15 is 0 Å². The van der Waals surface area contributed by atoms with Crippen molar-refractivity contribution >= 4 is 5.91 Å². The van der Waals surface area contributed by atoms with Gasteiger partial charge >= 0.3 is 0 Å². The summed E-state index contributed by atoms with van der Waals surface area (Å²) in [5.41, 5.74) is 1.65. The molecule has 0 aliphatic rings. The van der Waals surface area contributed by atoms with Gasteiger partial charge in [-0.05, 0) is 17.7 Å². The van der Waals surface area contributed by atoms with Crippen LogP contribution < -0.4 is 4.74 Å². The number of hydrogen-bond donors (Lipinski definition) is 1. The lowest BCUT2D eigenvalue weighted by Crippen LogP contribution is -2.24. The van der Waals surface area contributed by atoms with Crippen LogP contribution in [0.5, 0.6) is 5.75 Å². The van der Waals surface area contributed by atoms with Crippen LogP contribution in [0.1, 0.15) is 27.6 Å². The largest absolute Gasteiger partial charge is 0.496 e. The van der Waals surface area contributed by atoms with E-state index in [4.69, 9.17) is 4.74 Å². The molecule has 0 bridgehead atoms. The highest BCUT2D eigenvalue weighted by atomic mass is 16.5. The number of hydrogen-bond acceptors (Lipinski definition) is 3. The molecule has 1 unspecified atom stereocenters. The van der Waals surface area contributed by atoms with Crippen LogP contribution in [0, 0.1) is 0 Å². The van der Waals surface area contributed by atoms with Crippen LogP contribution in [0.2, 0.25) is 0 Å². The average Bonchev–Trinajstić information content (AvgIpc) is 2.53. The van der Waals surface area contributed by atoms with E-state index in [0.717, 1.165) is 5.56 Å². The minimum absolute atomic E-state index is 0.168. The Morgan fingerprint density at radius 1 is 1.10 bits per heavy atom. The molecule has 0 saturated carbocycles. The van der Waals surface area contributed by atoms with Gasteiger partial charge in [0.05, 0.1) is 7.11 Å². The van der Waals surface area contributed by atoms with Crippen LogP contribution in [0.25, 0.3) is 0 Å². The molecule has 0 aliphatic heterocycles. The van der Waals surface area contributed by atoms with Crippen molar-refractivity contribution in [2.24, 2.45) is 0 Å². The standard InChI is InChI=1S/C17H19NO3/c1-18(2)17(20)13-10-7-11-14(21-3)15(13)16(19)12-8-5-4-6-9-12/h4-11,16,19H,1-3H3. The number of aliphatic hydroxyl groups is 1. The molecule has 110 valence electrons. The lowest BCUT2D eigenvalue weighted by Gasteiger charge is -2.20. The number of carbonyl (C=O) groups is 1. The Kier molecular flexibility index (Phi) is 4.60. The minimum Gasteiger partial charge on any atom is -0.496 e. The van der Waals surface area contributed by atoms with E-state index in [1.807, 2.05) is 30.3 Å². The smallest absolute Gasteiger partial charge is 0.253 e. The third kappa shape index (κ3) is 3.06. The summed E-state index contributed by atoms with van der Waals surface area (Å²) >= 11 is 0. The molecule has 2 aromatic carbocycles. The van der Waals surface area contributed by atoms with Gasteiger partial charge in [0.15, 0.2) is 0 Å². The number of aliphatic hydroxyl groups excluding tert-OH is 1. The number of benzene rings is 2. The maximum atomic E-state index is 12.3. The minimum atomic E-state index is -0.916. The maximum Gasteiger partial charge on any atom is 0.253 e. The molecule has 0 radical (unpaired) electrons. The Bertz CT molecular complexity index is 623. The lowest BCUT2D eigenvalue weighted by atomic mass is 9.95. The van der Waals surface area contributed by atoms with Crippen LogP contribution in [0.3, 0.4) is 0 Å². The van der Waals surface area contributed by atoms with Crippen molar-refractivity contribution in [3.05, 3.63) is 65.2 Å². The summed E-state index contributed by atoms with van der Waals surface area (Å²) < 4.78 is 5.33. The summed E-state index contributed by atoms with van der Waals surface area (Å²) in [7, 11) is 4.89. The van der Waals surface area contributed by atoms with E-state index < -0.39 is 6.10 Å². The van der Waals surface area contributed by atoms with Crippen molar-refractivity contribution in [3.63, 3.8) is 0 Å². The fraction of sp³-hybridized carbons (Fsp3) is 0.235. The van der Waals surface area contributed by atoms with Crippen molar-refractivity contribution in [1.82, 2.24) is 4.90 Å². The van der Waals surface area contributed by atoms with Gasteiger partial charge in [-0.3, -0.25) is 4.79 Å². The molecule has 0 spiro atoms. The molecule has 2 rings (SSSR count). The van der Waals surface area contributed by atoms with Crippen LogP contribution in [-0.4, -0.2) is 37.1 Å². The summed E-state index contributed by atoms with van der Waals surface area (Å²) in [4.78, 5) is 13.8. The third-order valence-corrected chi connectivity index (χ3v) is 3.31. The highest BCUT2D eigenvalue weighted by Crippen LogP contribution is 2.33. The van der Waals surface area contributed by atoms with Gasteiger partial charge in [0, 0.05) is 25.2 Å². The van der Waals surface area contributed by atoms with Crippen molar-refractivity contribution in [2.75, 3.05) is 21.2 Å². The zero-order chi connectivity index (χ0) is 15.4. The Labute approximate surface area is 124 Å². The summed E-state index contributed by atoms with van der Waals surface area (Å²) in [6, 6.07) is 14.4. The van der Waals surface area contributed by atoms with Gasteiger partial charge in [-0.1, -0.05) is 36.4 Å². The van der Waals surface area contributed by atoms with Crippen LogP contribution in [0.15, 0.2) is 48.5 Å². The number of methoxy groups -OCH3 is 1. The van der Waals surface area contributed by atoms with E-state index in [1.54, 1.807) is 32.3 Å². The molecule has 0 heterocycles. The quantitative estimate of drug-likeness (QED) is 0.939. The number of carbonyl (C=O) groups excluding carboxylic acids is 1. The van der Waals surface area contributed by atoms with Gasteiger partial charge in [-0.25, -0.2) is 0 Å². The average molecular weight is 285 g/mol. The summed E-state index contributed by atoms with van der Waals surface area (Å²) in [5.74, 6) is 0.331. The highest BCUT2D eigenvalue weighted by Gasteiger charge is 2.23. The Hall–Kier alpha value is -2.33. The Balaban J connectivity index is 2.57. The van der Waals surface area contributed by atoms with Crippen LogP contribution in [-0.2, 0) is 0 Å². The monoisotopic (exact) mass is 285 g/mol. The Morgan fingerprint density at radius 2 is 1.76 bits per heavy atom. The molecule has 0 aliphatic carbocycles. The molecule has 21 heavy (non-hydrogen) atoms. The lowest BCUT2D eigenvalue weighted by molar-refractivity contribution is 0.0821. The van der Waals surface area contributed by atoms with E-state index in [2.05, 4.69) is 0 Å². The molecule has 0 saturated heterocycles. The van der Waals surface area contributed by atoms with Gasteiger partial charge in [-0.15, -0.1) is 0 Å². The zero-order valence-electron chi connectivity index (χ0n) is 12.4. The third-order valence-electron chi connectivity index (χ3n) is 3.31. The van der Waals surface area contributed by atoms with Gasteiger partial charge < -0.3 is 14.7 Å². The maximum absolute atomic E-state index is 12.3. The number of ether oxygens (including phenoxy) is 1. The Morgan fingerprint density at radius 3 is 2.33 bits per heavy atom. The van der Waals surface area contributed by atoms with Crippen molar-refractivity contribution in [2.45, 2.75) is 6.10 Å². The second-order valence-corrected chi connectivity index (χ2v) is 4.93. The predicted molar refractivity (Wildman–Crippen MR) is 81.5 cm³/mol. The van der Waals surface area contributed by atoms with Crippen molar-refractivity contribution < 1.29 is 14.6 Å². The molecule has 0 aromatic heterocycles. The molecule has 2 aromatic rings. The zero-order valence-corrected chi connectivity index (χ0v) is 12.4. The SMILES string of the molecule is COc1cccc(C(=O)N(C)C)c1C(O)c1ccccc1. The first-order valence-corrected chi connectivity index (χ1v) is 6.67. The van der Waals surface area contributed by atoms with Crippen LogP contribution in [0.4, 0.5) is 0 Å². The molecule has 1 N–H and O–H groups in total. The summed E-state index contributed by atoms with van der Waals surface area (Å²) in [6.07, 6.45) is -0.916. The van der Waals surface area contributed by atoms with Crippen molar-refractivity contribution in [1.29, 1.82) is 0 Å². The number of nitrogens with zero attached hydrogens (tertiary/aromatic N) is 1. The fourth-order valence-corrected chi connectivity index (χ4v) is 2.23. The summed E-state index contributed by atoms with van der Waals surface area (Å²) in [6.45, 7) is 0. The first kappa shape index (κ1) is 15.1.